The predicted octanol–water partition coefficient (Wildman–Crippen LogP) is 5.23. The summed E-state index contributed by atoms with van der Waals surface area (Å²) in [6, 6.07) is 0.381. The van der Waals surface area contributed by atoms with Crippen molar-refractivity contribution in [2.75, 3.05) is 51.6 Å². The second kappa shape index (κ2) is 15.0. The Hall–Kier alpha value is -2.13. The molecule has 1 atom stereocenters. The fourth-order valence-corrected chi connectivity index (χ4v) is 6.74. The van der Waals surface area contributed by atoms with Crippen LogP contribution in [0.4, 0.5) is 5.82 Å². The summed E-state index contributed by atoms with van der Waals surface area (Å²) in [5.74, 6) is 1.58. The number of unbranched alkanes of at least 4 members (excludes halogenated alkanes) is 2. The molecule has 0 spiro atoms. The fraction of sp³-hybridized carbons (Fsp3) is 0.833. The first-order valence-corrected chi connectivity index (χ1v) is 15.9. The topological polar surface area (TPSA) is 105 Å². The lowest BCUT2D eigenvalue weighted by Gasteiger charge is -2.36. The number of nitrogens with two attached hydrogens (primary N) is 1. The van der Waals surface area contributed by atoms with Crippen molar-refractivity contribution in [2.24, 2.45) is 11.8 Å². The average molecular weight is 544 g/mol. The molecule has 2 aromatic rings. The number of likely N-dealkylation sites (tertiary alicyclic amines) is 2. The van der Waals surface area contributed by atoms with Crippen LogP contribution in [-0.4, -0.2) is 75.2 Å². The van der Waals surface area contributed by atoms with Gasteiger partial charge in [0.15, 0.2) is 11.5 Å². The first-order valence-electron chi connectivity index (χ1n) is 15.9. The SMILES string of the molecule is CCCCOc1nc(N)c2[nH]c(=O)n(C(CCCCC3CCN(CCC)CC3)C3CCN(CCC)CC3)c2n1. The number of nitrogens with one attached hydrogen (secondary N) is 1. The summed E-state index contributed by atoms with van der Waals surface area (Å²) in [4.78, 5) is 30.6. The average Bonchev–Trinajstić information content (AvgIpc) is 3.27. The largest absolute Gasteiger partial charge is 0.463 e. The quantitative estimate of drug-likeness (QED) is 0.297. The summed E-state index contributed by atoms with van der Waals surface area (Å²) >= 11 is 0. The van der Waals surface area contributed by atoms with Gasteiger partial charge in [0, 0.05) is 6.04 Å². The summed E-state index contributed by atoms with van der Waals surface area (Å²) in [6.07, 6.45) is 13.9. The molecular formula is C30H53N7O2. The van der Waals surface area contributed by atoms with E-state index in [1.807, 2.05) is 4.57 Å². The van der Waals surface area contributed by atoms with Crippen LogP contribution in [0.3, 0.4) is 0 Å². The molecule has 9 heteroatoms. The van der Waals surface area contributed by atoms with Gasteiger partial charge in [-0.25, -0.2) is 4.79 Å². The molecule has 2 aliphatic rings. The van der Waals surface area contributed by atoms with Crippen molar-refractivity contribution < 1.29 is 4.74 Å². The molecule has 9 nitrogen and oxygen atoms in total. The Morgan fingerprint density at radius 2 is 1.59 bits per heavy atom. The van der Waals surface area contributed by atoms with Crippen molar-refractivity contribution in [3.8, 4) is 6.01 Å². The highest BCUT2D eigenvalue weighted by atomic mass is 16.5. The van der Waals surface area contributed by atoms with Gasteiger partial charge in [0.2, 0.25) is 0 Å². The van der Waals surface area contributed by atoms with E-state index in [9.17, 15) is 4.79 Å². The van der Waals surface area contributed by atoms with Gasteiger partial charge < -0.3 is 25.3 Å². The molecule has 0 saturated carbocycles. The van der Waals surface area contributed by atoms with Crippen molar-refractivity contribution >= 4 is 17.0 Å². The summed E-state index contributed by atoms with van der Waals surface area (Å²) in [7, 11) is 0. The maximum atomic E-state index is 13.4. The third kappa shape index (κ3) is 7.97. The van der Waals surface area contributed by atoms with Crippen molar-refractivity contribution in [3.05, 3.63) is 10.5 Å². The number of aromatic amines is 1. The number of ether oxygens (including phenoxy) is 1. The van der Waals surface area contributed by atoms with Gasteiger partial charge in [0.25, 0.3) is 0 Å². The van der Waals surface area contributed by atoms with Gasteiger partial charge in [-0.2, -0.15) is 9.97 Å². The standard InChI is InChI=1S/C30H53N7O2/c1-4-7-22-39-29-33-27(31)26-28(34-29)37(30(38)32-26)25(24-14-20-36(17-6-3)21-15-24)11-9-8-10-23-12-18-35(16-5-2)19-13-23/h23-25H,4-22H2,1-3H3,(H,32,38)(H2,31,33,34). The Kier molecular flexibility index (Phi) is 11.5. The minimum Gasteiger partial charge on any atom is -0.463 e. The number of fused-ring (bicyclic) bond motifs is 1. The van der Waals surface area contributed by atoms with Crippen LogP contribution < -0.4 is 16.2 Å². The normalized spacial score (nSPS) is 19.2. The highest BCUT2D eigenvalue weighted by Crippen LogP contribution is 2.35. The minimum atomic E-state index is -0.124. The third-order valence-corrected chi connectivity index (χ3v) is 8.96. The minimum absolute atomic E-state index is 0.110. The lowest BCUT2D eigenvalue weighted by atomic mass is 9.85. The van der Waals surface area contributed by atoms with E-state index in [2.05, 4.69) is 40.5 Å². The van der Waals surface area contributed by atoms with E-state index in [1.54, 1.807) is 0 Å². The highest BCUT2D eigenvalue weighted by molar-refractivity contribution is 5.82. The van der Waals surface area contributed by atoms with Gasteiger partial charge in [-0.1, -0.05) is 46.5 Å². The Labute approximate surface area is 234 Å². The lowest BCUT2D eigenvalue weighted by Crippen LogP contribution is -2.38. The molecule has 1 unspecified atom stereocenters. The van der Waals surface area contributed by atoms with Crippen LogP contribution in [0, 0.1) is 11.8 Å². The number of anilines is 1. The van der Waals surface area contributed by atoms with E-state index in [1.165, 1.54) is 58.2 Å². The Morgan fingerprint density at radius 3 is 2.23 bits per heavy atom. The maximum absolute atomic E-state index is 13.4. The van der Waals surface area contributed by atoms with Crippen LogP contribution in [0.15, 0.2) is 4.79 Å². The van der Waals surface area contributed by atoms with E-state index < -0.39 is 0 Å². The second-order valence-corrected chi connectivity index (χ2v) is 11.9. The van der Waals surface area contributed by atoms with Gasteiger partial charge in [-0.05, 0) is 102 Å². The monoisotopic (exact) mass is 543 g/mol. The highest BCUT2D eigenvalue weighted by Gasteiger charge is 2.31. The zero-order valence-corrected chi connectivity index (χ0v) is 24.8. The maximum Gasteiger partial charge on any atom is 0.328 e. The Morgan fingerprint density at radius 1 is 0.923 bits per heavy atom. The molecule has 0 amide bonds. The van der Waals surface area contributed by atoms with E-state index in [-0.39, 0.29) is 23.6 Å². The van der Waals surface area contributed by atoms with Crippen LogP contribution in [0.5, 0.6) is 6.01 Å². The van der Waals surface area contributed by atoms with Gasteiger partial charge in [-0.3, -0.25) is 4.57 Å². The van der Waals surface area contributed by atoms with Crippen molar-refractivity contribution in [3.63, 3.8) is 0 Å². The number of nitrogens with zero attached hydrogens (tertiary/aromatic N) is 5. The number of hydrogen-bond acceptors (Lipinski definition) is 7. The van der Waals surface area contributed by atoms with Crippen LogP contribution in [0.25, 0.3) is 11.2 Å². The molecule has 0 aliphatic carbocycles. The molecule has 4 rings (SSSR count). The van der Waals surface area contributed by atoms with Crippen LogP contribution >= 0.6 is 0 Å². The first kappa shape index (κ1) is 29.8. The summed E-state index contributed by atoms with van der Waals surface area (Å²) in [5, 5.41) is 0. The zero-order valence-electron chi connectivity index (χ0n) is 24.8. The molecule has 2 saturated heterocycles. The molecule has 4 heterocycles. The number of H-pyrrole nitrogens is 1. The molecule has 2 aromatic heterocycles. The molecule has 39 heavy (non-hydrogen) atoms. The molecule has 0 bridgehead atoms. The first-order chi connectivity index (χ1) is 19.0. The van der Waals surface area contributed by atoms with Gasteiger partial charge in [-0.15, -0.1) is 0 Å². The van der Waals surface area contributed by atoms with Crippen LogP contribution in [0.1, 0.15) is 104 Å². The van der Waals surface area contributed by atoms with E-state index in [0.29, 0.717) is 23.7 Å². The van der Waals surface area contributed by atoms with E-state index >= 15 is 0 Å². The number of aromatic nitrogens is 4. The van der Waals surface area contributed by atoms with E-state index in [4.69, 9.17) is 15.5 Å². The van der Waals surface area contributed by atoms with Crippen molar-refractivity contribution in [2.45, 2.75) is 104 Å². The smallest absolute Gasteiger partial charge is 0.328 e. The van der Waals surface area contributed by atoms with Crippen LogP contribution in [0.2, 0.25) is 0 Å². The second-order valence-electron chi connectivity index (χ2n) is 11.9. The van der Waals surface area contributed by atoms with Crippen molar-refractivity contribution in [1.82, 2.24) is 29.3 Å². The number of imidazole rings is 1. The summed E-state index contributed by atoms with van der Waals surface area (Å²) in [5.41, 5.74) is 7.30. The Bertz CT molecular complexity index is 1050. The molecule has 3 N–H and O–H groups in total. The molecular weight excluding hydrogens is 490 g/mol. The summed E-state index contributed by atoms with van der Waals surface area (Å²) in [6.45, 7) is 14.3. The molecule has 220 valence electrons. The van der Waals surface area contributed by atoms with Gasteiger partial charge >= 0.3 is 11.7 Å². The predicted molar refractivity (Wildman–Crippen MR) is 159 cm³/mol. The zero-order chi connectivity index (χ0) is 27.6. The number of nitrogen functional groups attached to an aromatic ring is 1. The summed E-state index contributed by atoms with van der Waals surface area (Å²) < 4.78 is 7.72. The third-order valence-electron chi connectivity index (χ3n) is 8.96. The number of rotatable bonds is 15. The molecule has 2 fully saturated rings. The fourth-order valence-electron chi connectivity index (χ4n) is 6.74. The van der Waals surface area contributed by atoms with Gasteiger partial charge in [0.1, 0.15) is 5.52 Å². The van der Waals surface area contributed by atoms with Gasteiger partial charge in [0.05, 0.1) is 6.61 Å². The molecule has 0 aromatic carbocycles. The number of piperidine rings is 2. The Balaban J connectivity index is 1.48. The molecule has 2 aliphatic heterocycles. The number of hydrogen-bond donors (Lipinski definition) is 2. The van der Waals surface area contributed by atoms with Crippen molar-refractivity contribution in [1.29, 1.82) is 0 Å². The molecule has 0 radical (unpaired) electrons. The van der Waals surface area contributed by atoms with Crippen LogP contribution in [-0.2, 0) is 0 Å². The van der Waals surface area contributed by atoms with E-state index in [0.717, 1.165) is 64.1 Å². The lowest BCUT2D eigenvalue weighted by molar-refractivity contribution is 0.142.